The molecule has 2 heterocycles. The number of hydrogen-bond donors (Lipinski definition) is 1. The van der Waals surface area contributed by atoms with Gasteiger partial charge in [-0.15, -0.1) is 0 Å². The number of aliphatic hydroxyl groups is 1. The number of rotatable bonds is 0. The molecule has 2 atom stereocenters. The van der Waals surface area contributed by atoms with E-state index >= 15 is 0 Å². The number of nitrogens with zero attached hydrogens (tertiary/aromatic N) is 1. The predicted octanol–water partition coefficient (Wildman–Crippen LogP) is 2.66. The summed E-state index contributed by atoms with van der Waals surface area (Å²) in [6, 6.07) is 10.2. The largest absolute Gasteiger partial charge is 0.454 e. The number of aliphatic hydroxyl groups excluding tert-OH is 1. The summed E-state index contributed by atoms with van der Waals surface area (Å²) in [5.41, 5.74) is 5.64. The van der Waals surface area contributed by atoms with Gasteiger partial charge in [-0.1, -0.05) is 24.3 Å². The maximum absolute atomic E-state index is 10.9. The molecule has 2 aromatic rings. The van der Waals surface area contributed by atoms with Crippen LogP contribution in [0, 0.1) is 0 Å². The molecule has 0 saturated carbocycles. The van der Waals surface area contributed by atoms with Crippen molar-refractivity contribution < 1.29 is 14.6 Å². The van der Waals surface area contributed by atoms with Gasteiger partial charge in [0.25, 0.3) is 0 Å². The number of likely N-dealkylation sites (N-methyl/N-ethyl adjacent to an activating group) is 1. The molecule has 4 heteroatoms. The average Bonchev–Trinajstić information content (AvgIpc) is 3.00. The quantitative estimate of drug-likeness (QED) is 0.811. The normalized spacial score (nSPS) is 24.8. The van der Waals surface area contributed by atoms with Gasteiger partial charge in [0, 0.05) is 12.1 Å². The number of benzene rings is 2. The van der Waals surface area contributed by atoms with Crippen molar-refractivity contribution in [2.45, 2.75) is 18.6 Å². The van der Waals surface area contributed by atoms with Crippen LogP contribution in [0.5, 0.6) is 11.5 Å². The molecule has 0 unspecified atom stereocenters. The standard InChI is InChI=1S/C18H17NO3/c1-19-7-6-10-8-13-18(22-9-21-13)15-11-4-2-3-5-12(11)17(20)16(19)14(10)15/h2-5,8,16-17,20H,6-7,9H2,1H3/t16-,17-/m1/s1. The van der Waals surface area contributed by atoms with E-state index in [0.29, 0.717) is 0 Å². The van der Waals surface area contributed by atoms with Gasteiger partial charge < -0.3 is 14.6 Å². The highest BCUT2D eigenvalue weighted by atomic mass is 16.7. The highest BCUT2D eigenvalue weighted by Gasteiger charge is 2.42. The molecular formula is C18H17NO3. The van der Waals surface area contributed by atoms with Gasteiger partial charge in [-0.2, -0.15) is 0 Å². The zero-order valence-corrected chi connectivity index (χ0v) is 12.4. The monoisotopic (exact) mass is 295 g/mol. The van der Waals surface area contributed by atoms with Crippen molar-refractivity contribution in [1.29, 1.82) is 0 Å². The third-order valence-corrected chi connectivity index (χ3v) is 5.14. The molecule has 2 aromatic carbocycles. The van der Waals surface area contributed by atoms with Crippen LogP contribution >= 0.6 is 0 Å². The molecule has 0 amide bonds. The van der Waals surface area contributed by atoms with Crippen molar-refractivity contribution >= 4 is 0 Å². The van der Waals surface area contributed by atoms with E-state index in [4.69, 9.17) is 9.47 Å². The third kappa shape index (κ3) is 1.44. The molecule has 0 aromatic heterocycles. The van der Waals surface area contributed by atoms with E-state index in [0.717, 1.165) is 41.2 Å². The maximum Gasteiger partial charge on any atom is 0.231 e. The third-order valence-electron chi connectivity index (χ3n) is 5.14. The Balaban J connectivity index is 1.91. The Morgan fingerprint density at radius 1 is 1.23 bits per heavy atom. The Hall–Kier alpha value is -2.04. The van der Waals surface area contributed by atoms with Crippen molar-refractivity contribution in [1.82, 2.24) is 4.90 Å². The average molecular weight is 295 g/mol. The fraction of sp³-hybridized carbons (Fsp3) is 0.333. The minimum atomic E-state index is -0.506. The summed E-state index contributed by atoms with van der Waals surface area (Å²) < 4.78 is 11.4. The van der Waals surface area contributed by atoms with Gasteiger partial charge in [0.15, 0.2) is 11.5 Å². The van der Waals surface area contributed by atoms with Crippen LogP contribution in [0.4, 0.5) is 0 Å². The van der Waals surface area contributed by atoms with Crippen LogP contribution in [0.1, 0.15) is 28.8 Å². The highest BCUT2D eigenvalue weighted by molar-refractivity contribution is 5.84. The molecule has 112 valence electrons. The minimum absolute atomic E-state index is 0.0110. The van der Waals surface area contributed by atoms with E-state index in [1.54, 1.807) is 0 Å². The van der Waals surface area contributed by atoms with E-state index < -0.39 is 6.10 Å². The first-order valence-corrected chi connectivity index (χ1v) is 7.68. The van der Waals surface area contributed by atoms with Crippen molar-refractivity contribution in [3.8, 4) is 22.6 Å². The molecule has 4 nitrogen and oxygen atoms in total. The van der Waals surface area contributed by atoms with Crippen LogP contribution in [0.3, 0.4) is 0 Å². The van der Waals surface area contributed by atoms with Crippen molar-refractivity contribution in [3.63, 3.8) is 0 Å². The first kappa shape index (κ1) is 12.5. The zero-order chi connectivity index (χ0) is 14.8. The van der Waals surface area contributed by atoms with E-state index in [1.807, 2.05) is 18.2 Å². The maximum atomic E-state index is 10.9. The number of hydrogen-bond acceptors (Lipinski definition) is 4. The molecule has 5 rings (SSSR count). The molecule has 0 spiro atoms. The van der Waals surface area contributed by atoms with Gasteiger partial charge in [0.1, 0.15) is 0 Å². The van der Waals surface area contributed by atoms with Crippen LogP contribution in [0.15, 0.2) is 30.3 Å². The molecule has 0 bridgehead atoms. The summed E-state index contributed by atoms with van der Waals surface area (Å²) in [5, 5.41) is 10.9. The number of ether oxygens (including phenoxy) is 2. The van der Waals surface area contributed by atoms with Crippen molar-refractivity contribution in [2.75, 3.05) is 20.4 Å². The molecule has 22 heavy (non-hydrogen) atoms. The van der Waals surface area contributed by atoms with Gasteiger partial charge in [0.2, 0.25) is 6.79 Å². The Morgan fingerprint density at radius 2 is 2.09 bits per heavy atom. The summed E-state index contributed by atoms with van der Waals surface area (Å²) in [5.74, 6) is 1.67. The summed E-state index contributed by atoms with van der Waals surface area (Å²) in [6.07, 6.45) is 0.467. The first-order valence-electron chi connectivity index (χ1n) is 7.68. The lowest BCUT2D eigenvalue weighted by molar-refractivity contribution is 0.0543. The van der Waals surface area contributed by atoms with Crippen LogP contribution in [0.2, 0.25) is 0 Å². The summed E-state index contributed by atoms with van der Waals surface area (Å²) in [4.78, 5) is 2.24. The van der Waals surface area contributed by atoms with Crippen molar-refractivity contribution in [2.24, 2.45) is 0 Å². The second-order valence-corrected chi connectivity index (χ2v) is 6.27. The van der Waals surface area contributed by atoms with Gasteiger partial charge in [-0.25, -0.2) is 0 Å². The van der Waals surface area contributed by atoms with Gasteiger partial charge >= 0.3 is 0 Å². The van der Waals surface area contributed by atoms with Gasteiger partial charge in [-0.3, -0.25) is 4.90 Å². The SMILES string of the molecule is CN1CCc2cc3c(c4c2[C@@H]1[C@H](O)c1ccccc1-4)OCO3. The second kappa shape index (κ2) is 4.24. The van der Waals surface area contributed by atoms with E-state index in [2.05, 4.69) is 24.1 Å². The Morgan fingerprint density at radius 3 is 3.00 bits per heavy atom. The molecule has 3 aliphatic rings. The Labute approximate surface area is 128 Å². The van der Waals surface area contributed by atoms with Gasteiger partial charge in [-0.05, 0) is 41.8 Å². The second-order valence-electron chi connectivity index (χ2n) is 6.27. The predicted molar refractivity (Wildman–Crippen MR) is 82.0 cm³/mol. The first-order chi connectivity index (χ1) is 10.8. The lowest BCUT2D eigenvalue weighted by Crippen LogP contribution is -2.38. The van der Waals surface area contributed by atoms with E-state index in [9.17, 15) is 5.11 Å². The van der Waals surface area contributed by atoms with E-state index in [-0.39, 0.29) is 12.8 Å². The summed E-state index contributed by atoms with van der Waals surface area (Å²) in [6.45, 7) is 1.21. The summed E-state index contributed by atoms with van der Waals surface area (Å²) >= 11 is 0. The molecular weight excluding hydrogens is 278 g/mol. The molecule has 0 radical (unpaired) electrons. The van der Waals surface area contributed by atoms with Crippen LogP contribution in [-0.2, 0) is 6.42 Å². The zero-order valence-electron chi connectivity index (χ0n) is 12.4. The lowest BCUT2D eigenvalue weighted by atomic mass is 9.75. The van der Waals surface area contributed by atoms with Gasteiger partial charge in [0.05, 0.1) is 12.1 Å². The smallest absolute Gasteiger partial charge is 0.231 e. The topological polar surface area (TPSA) is 41.9 Å². The lowest BCUT2D eigenvalue weighted by Gasteiger charge is -2.42. The molecule has 2 aliphatic heterocycles. The molecule has 0 fully saturated rings. The Bertz CT molecular complexity index is 786. The van der Waals surface area contributed by atoms with E-state index in [1.165, 1.54) is 11.1 Å². The summed E-state index contributed by atoms with van der Waals surface area (Å²) in [7, 11) is 2.08. The molecule has 1 N–H and O–H groups in total. The fourth-order valence-electron chi connectivity index (χ4n) is 4.13. The van der Waals surface area contributed by atoms with Crippen molar-refractivity contribution in [3.05, 3.63) is 47.0 Å². The minimum Gasteiger partial charge on any atom is -0.454 e. The molecule has 0 saturated heterocycles. The fourth-order valence-corrected chi connectivity index (χ4v) is 4.13. The van der Waals surface area contributed by atoms with Crippen LogP contribution in [-0.4, -0.2) is 30.4 Å². The highest BCUT2D eigenvalue weighted by Crippen LogP contribution is 2.56. The number of fused-ring (bicyclic) bond motifs is 4. The van der Waals surface area contributed by atoms with Crippen LogP contribution in [0.25, 0.3) is 11.1 Å². The van der Waals surface area contributed by atoms with Crippen LogP contribution < -0.4 is 9.47 Å². The Kier molecular flexibility index (Phi) is 2.41. The molecule has 1 aliphatic carbocycles.